The summed E-state index contributed by atoms with van der Waals surface area (Å²) in [5.74, 6) is -0.729. The van der Waals surface area contributed by atoms with Crippen molar-refractivity contribution in [2.75, 3.05) is 20.1 Å². The Bertz CT molecular complexity index is 717. The van der Waals surface area contributed by atoms with Crippen LogP contribution in [-0.2, 0) is 16.1 Å². The average Bonchev–Trinajstić information content (AvgIpc) is 3.01. The molecule has 2 rings (SSSR count). The number of halogens is 1. The molecule has 1 N–H and O–H groups in total. The zero-order chi connectivity index (χ0) is 17.5. The molecule has 2 amide bonds. The first kappa shape index (κ1) is 17.5. The summed E-state index contributed by atoms with van der Waals surface area (Å²) in [6, 6.07) is 5.79. The van der Waals surface area contributed by atoms with Gasteiger partial charge in [-0.1, -0.05) is 19.1 Å². The maximum absolute atomic E-state index is 13.2. The fraction of sp³-hybridized carbons (Fsp3) is 0.400. The molecule has 1 heterocycles. The van der Waals surface area contributed by atoms with Crippen LogP contribution in [0, 0.1) is 5.82 Å². The Kier molecular flexibility index (Phi) is 5.94. The van der Waals surface area contributed by atoms with Gasteiger partial charge in [0.05, 0.1) is 6.54 Å². The van der Waals surface area contributed by atoms with Crippen molar-refractivity contribution in [1.29, 1.82) is 0 Å². The first-order chi connectivity index (χ1) is 11.5. The number of benzene rings is 1. The molecule has 0 aliphatic carbocycles. The van der Waals surface area contributed by atoms with E-state index in [4.69, 9.17) is 0 Å². The summed E-state index contributed by atoms with van der Waals surface area (Å²) in [5.41, 5.74) is 0.473. The van der Waals surface area contributed by atoms with Gasteiger partial charge in [-0.2, -0.15) is 4.80 Å². The number of tetrazole rings is 1. The number of aromatic nitrogens is 4. The van der Waals surface area contributed by atoms with E-state index in [9.17, 15) is 14.0 Å². The Labute approximate surface area is 138 Å². The molecule has 0 spiro atoms. The van der Waals surface area contributed by atoms with Gasteiger partial charge in [0.2, 0.25) is 17.6 Å². The summed E-state index contributed by atoms with van der Waals surface area (Å²) >= 11 is 0. The molecule has 0 unspecified atom stereocenters. The standard InChI is InChI=1S/C15H19FN6O2/c1-3-7-17-13(23)9-21(2)14(24)10-22-19-15(18-20-22)11-5-4-6-12(16)8-11/h4-6,8H,3,7,9-10H2,1-2H3,(H,17,23). The van der Waals surface area contributed by atoms with E-state index in [-0.39, 0.29) is 30.7 Å². The molecule has 8 nitrogen and oxygen atoms in total. The Morgan fingerprint density at radius 1 is 1.38 bits per heavy atom. The second-order valence-electron chi connectivity index (χ2n) is 5.25. The van der Waals surface area contributed by atoms with Crippen LogP contribution in [0.2, 0.25) is 0 Å². The highest BCUT2D eigenvalue weighted by Crippen LogP contribution is 2.14. The van der Waals surface area contributed by atoms with E-state index in [1.54, 1.807) is 12.1 Å². The molecular weight excluding hydrogens is 315 g/mol. The maximum Gasteiger partial charge on any atom is 0.246 e. The van der Waals surface area contributed by atoms with E-state index in [1.807, 2.05) is 6.92 Å². The number of carbonyl (C=O) groups excluding carboxylic acids is 2. The lowest BCUT2D eigenvalue weighted by molar-refractivity contribution is -0.135. The number of rotatable bonds is 7. The summed E-state index contributed by atoms with van der Waals surface area (Å²) < 4.78 is 13.2. The first-order valence-electron chi connectivity index (χ1n) is 7.54. The number of hydrogen-bond acceptors (Lipinski definition) is 5. The third-order valence-corrected chi connectivity index (χ3v) is 3.19. The van der Waals surface area contributed by atoms with Crippen LogP contribution >= 0.6 is 0 Å². The van der Waals surface area contributed by atoms with Crippen LogP contribution in [0.1, 0.15) is 13.3 Å². The molecule has 9 heteroatoms. The van der Waals surface area contributed by atoms with Gasteiger partial charge in [0.25, 0.3) is 0 Å². The van der Waals surface area contributed by atoms with Crippen LogP contribution in [-0.4, -0.2) is 57.1 Å². The van der Waals surface area contributed by atoms with Crippen LogP contribution < -0.4 is 5.32 Å². The monoisotopic (exact) mass is 334 g/mol. The fourth-order valence-electron chi connectivity index (χ4n) is 1.92. The van der Waals surface area contributed by atoms with Gasteiger partial charge in [-0.15, -0.1) is 10.2 Å². The lowest BCUT2D eigenvalue weighted by Crippen LogP contribution is -2.40. The number of likely N-dealkylation sites (N-methyl/N-ethyl adjacent to an activating group) is 1. The SMILES string of the molecule is CCCNC(=O)CN(C)C(=O)Cn1nnc(-c2cccc(F)c2)n1. The lowest BCUT2D eigenvalue weighted by Gasteiger charge is -2.16. The zero-order valence-corrected chi connectivity index (χ0v) is 13.6. The van der Waals surface area contributed by atoms with Crippen LogP contribution in [0.4, 0.5) is 4.39 Å². The van der Waals surface area contributed by atoms with Crippen LogP contribution in [0.15, 0.2) is 24.3 Å². The van der Waals surface area contributed by atoms with Gasteiger partial charge in [-0.05, 0) is 23.8 Å². The minimum absolute atomic E-state index is 0.0374. The highest BCUT2D eigenvalue weighted by molar-refractivity contribution is 5.84. The molecule has 0 saturated carbocycles. The number of nitrogens with one attached hydrogen (secondary N) is 1. The van der Waals surface area contributed by atoms with Crippen molar-refractivity contribution in [3.05, 3.63) is 30.1 Å². The zero-order valence-electron chi connectivity index (χ0n) is 13.6. The molecule has 0 atom stereocenters. The van der Waals surface area contributed by atoms with Crippen molar-refractivity contribution >= 4 is 11.8 Å². The van der Waals surface area contributed by atoms with Crippen LogP contribution in [0.5, 0.6) is 0 Å². The second-order valence-corrected chi connectivity index (χ2v) is 5.25. The van der Waals surface area contributed by atoms with E-state index >= 15 is 0 Å². The third-order valence-electron chi connectivity index (χ3n) is 3.19. The molecule has 0 saturated heterocycles. The van der Waals surface area contributed by atoms with E-state index in [2.05, 4.69) is 20.7 Å². The smallest absolute Gasteiger partial charge is 0.246 e. The van der Waals surface area contributed by atoms with Crippen molar-refractivity contribution < 1.29 is 14.0 Å². The van der Waals surface area contributed by atoms with Gasteiger partial charge in [-0.3, -0.25) is 9.59 Å². The Balaban J connectivity index is 1.94. The summed E-state index contributed by atoms with van der Waals surface area (Å²) in [7, 11) is 1.53. The van der Waals surface area contributed by atoms with Gasteiger partial charge in [0.15, 0.2) is 0 Å². The van der Waals surface area contributed by atoms with E-state index in [1.165, 1.54) is 24.1 Å². The summed E-state index contributed by atoms with van der Waals surface area (Å²) in [4.78, 5) is 26.1. The minimum atomic E-state index is -0.405. The van der Waals surface area contributed by atoms with Gasteiger partial charge >= 0.3 is 0 Å². The quantitative estimate of drug-likeness (QED) is 0.794. The van der Waals surface area contributed by atoms with Crippen molar-refractivity contribution in [2.24, 2.45) is 0 Å². The molecule has 0 bridgehead atoms. The summed E-state index contributed by atoms with van der Waals surface area (Å²) in [6.45, 7) is 2.33. The first-order valence-corrected chi connectivity index (χ1v) is 7.54. The van der Waals surface area contributed by atoms with E-state index < -0.39 is 5.82 Å². The number of carbonyl (C=O) groups is 2. The Morgan fingerprint density at radius 2 is 2.17 bits per heavy atom. The van der Waals surface area contributed by atoms with Crippen LogP contribution in [0.3, 0.4) is 0 Å². The van der Waals surface area contributed by atoms with Crippen LogP contribution in [0.25, 0.3) is 11.4 Å². The summed E-state index contributed by atoms with van der Waals surface area (Å²) in [6.07, 6.45) is 0.829. The molecule has 1 aromatic heterocycles. The molecule has 2 aromatic rings. The molecule has 1 aromatic carbocycles. The minimum Gasteiger partial charge on any atom is -0.355 e. The molecule has 24 heavy (non-hydrogen) atoms. The molecule has 0 fully saturated rings. The second kappa shape index (κ2) is 8.14. The molecule has 0 radical (unpaired) electrons. The van der Waals surface area contributed by atoms with Gasteiger partial charge in [-0.25, -0.2) is 4.39 Å². The van der Waals surface area contributed by atoms with Crippen molar-refractivity contribution in [3.8, 4) is 11.4 Å². The average molecular weight is 334 g/mol. The summed E-state index contributed by atoms with van der Waals surface area (Å²) in [5, 5.41) is 14.3. The lowest BCUT2D eigenvalue weighted by atomic mass is 10.2. The van der Waals surface area contributed by atoms with Gasteiger partial charge in [0, 0.05) is 19.2 Å². The number of amides is 2. The van der Waals surface area contributed by atoms with Crippen molar-refractivity contribution in [1.82, 2.24) is 30.4 Å². The van der Waals surface area contributed by atoms with E-state index in [0.29, 0.717) is 12.1 Å². The highest BCUT2D eigenvalue weighted by Gasteiger charge is 2.15. The normalized spacial score (nSPS) is 10.5. The number of nitrogens with zero attached hydrogens (tertiary/aromatic N) is 5. The van der Waals surface area contributed by atoms with Crippen molar-refractivity contribution in [3.63, 3.8) is 0 Å². The topological polar surface area (TPSA) is 93.0 Å². The largest absolute Gasteiger partial charge is 0.355 e. The van der Waals surface area contributed by atoms with E-state index in [0.717, 1.165) is 11.2 Å². The fourth-order valence-corrected chi connectivity index (χ4v) is 1.92. The Hall–Kier alpha value is -2.84. The maximum atomic E-state index is 13.2. The predicted octanol–water partition coefficient (Wildman–Crippen LogP) is 0.464. The Morgan fingerprint density at radius 3 is 2.88 bits per heavy atom. The van der Waals surface area contributed by atoms with Gasteiger partial charge in [0.1, 0.15) is 12.4 Å². The number of hydrogen-bond donors (Lipinski definition) is 1. The molecule has 128 valence electrons. The van der Waals surface area contributed by atoms with Gasteiger partial charge < -0.3 is 10.2 Å². The molecule has 0 aliphatic rings. The predicted molar refractivity (Wildman–Crippen MR) is 84.1 cm³/mol. The molecular formula is C15H19FN6O2. The highest BCUT2D eigenvalue weighted by atomic mass is 19.1. The third kappa shape index (κ3) is 4.83. The van der Waals surface area contributed by atoms with Crippen molar-refractivity contribution in [2.45, 2.75) is 19.9 Å². The molecule has 0 aliphatic heterocycles.